The van der Waals surface area contributed by atoms with E-state index in [1.54, 1.807) is 4.90 Å². The summed E-state index contributed by atoms with van der Waals surface area (Å²) in [7, 11) is 0. The van der Waals surface area contributed by atoms with Gasteiger partial charge in [0.1, 0.15) is 0 Å². The van der Waals surface area contributed by atoms with Crippen LogP contribution in [0.15, 0.2) is 0 Å². The molecule has 2 saturated heterocycles. The van der Waals surface area contributed by atoms with Crippen molar-refractivity contribution in [2.24, 2.45) is 0 Å². The lowest BCUT2D eigenvalue weighted by Crippen LogP contribution is -2.63. The second-order valence-electron chi connectivity index (χ2n) is 7.09. The number of hydroxylamine groups is 2. The third-order valence-corrected chi connectivity index (χ3v) is 4.26. The summed E-state index contributed by atoms with van der Waals surface area (Å²) < 4.78 is 5.26. The average molecular weight is 285 g/mol. The number of nitrogens with one attached hydrogen (secondary N) is 1. The molecule has 2 aliphatic heterocycles. The predicted octanol–water partition coefficient (Wildman–Crippen LogP) is 1.44. The van der Waals surface area contributed by atoms with Crippen LogP contribution in [0.2, 0.25) is 0 Å². The maximum atomic E-state index is 12.3. The third-order valence-electron chi connectivity index (χ3n) is 4.26. The highest BCUT2D eigenvalue weighted by Crippen LogP contribution is 2.36. The Morgan fingerprint density at radius 3 is 2.15 bits per heavy atom. The van der Waals surface area contributed by atoms with Crippen LogP contribution in [0.5, 0.6) is 0 Å². The molecule has 0 saturated carbocycles. The van der Waals surface area contributed by atoms with Crippen LogP contribution >= 0.6 is 0 Å². The molecular weight excluding hydrogens is 258 g/mol. The first-order chi connectivity index (χ1) is 9.22. The largest absolute Gasteiger partial charge is 0.378 e. The standard InChI is InChI=1S/C14H27N3O3/c1-13(2)9-11(10-14(3,4)17(13)19)15-12(18)16-5-7-20-8-6-16/h11,19H,5-10H2,1-4H3,(H,15,18). The molecule has 20 heavy (non-hydrogen) atoms. The maximum absolute atomic E-state index is 12.3. The lowest BCUT2D eigenvalue weighted by atomic mass is 9.79. The van der Waals surface area contributed by atoms with Crippen LogP contribution in [0.1, 0.15) is 40.5 Å². The van der Waals surface area contributed by atoms with Gasteiger partial charge in [-0.25, -0.2) is 4.79 Å². The number of rotatable bonds is 1. The molecule has 0 bridgehead atoms. The molecule has 0 unspecified atom stereocenters. The molecule has 6 nitrogen and oxygen atoms in total. The van der Waals surface area contributed by atoms with Gasteiger partial charge in [-0.3, -0.25) is 0 Å². The number of nitrogens with zero attached hydrogens (tertiary/aromatic N) is 2. The van der Waals surface area contributed by atoms with Crippen LogP contribution in [-0.2, 0) is 4.74 Å². The van der Waals surface area contributed by atoms with E-state index >= 15 is 0 Å². The Balaban J connectivity index is 1.97. The highest BCUT2D eigenvalue weighted by Gasteiger charge is 2.45. The van der Waals surface area contributed by atoms with Crippen LogP contribution in [0, 0.1) is 0 Å². The summed E-state index contributed by atoms with van der Waals surface area (Å²) >= 11 is 0. The summed E-state index contributed by atoms with van der Waals surface area (Å²) in [6.45, 7) is 10.5. The maximum Gasteiger partial charge on any atom is 0.317 e. The van der Waals surface area contributed by atoms with Gasteiger partial charge < -0.3 is 20.2 Å². The molecule has 0 aromatic rings. The van der Waals surface area contributed by atoms with Gasteiger partial charge in [0.15, 0.2) is 0 Å². The summed E-state index contributed by atoms with van der Waals surface area (Å²) in [5.41, 5.74) is -0.685. The molecule has 2 amide bonds. The summed E-state index contributed by atoms with van der Waals surface area (Å²) in [6.07, 6.45) is 1.48. The molecule has 0 aromatic carbocycles. The Morgan fingerprint density at radius 2 is 1.65 bits per heavy atom. The summed E-state index contributed by atoms with van der Waals surface area (Å²) in [4.78, 5) is 14.1. The number of piperidine rings is 1. The zero-order valence-electron chi connectivity index (χ0n) is 13.0. The monoisotopic (exact) mass is 285 g/mol. The lowest BCUT2D eigenvalue weighted by Gasteiger charge is -2.51. The summed E-state index contributed by atoms with van der Waals surface area (Å²) in [5, 5.41) is 14.8. The lowest BCUT2D eigenvalue weighted by molar-refractivity contribution is -0.245. The van der Waals surface area contributed by atoms with Crippen molar-refractivity contribution in [2.75, 3.05) is 26.3 Å². The molecule has 2 N–H and O–H groups in total. The van der Waals surface area contributed by atoms with Crippen molar-refractivity contribution < 1.29 is 14.7 Å². The van der Waals surface area contributed by atoms with Gasteiger partial charge >= 0.3 is 6.03 Å². The van der Waals surface area contributed by atoms with E-state index in [4.69, 9.17) is 4.74 Å². The van der Waals surface area contributed by atoms with Crippen molar-refractivity contribution in [1.82, 2.24) is 15.3 Å². The number of hydrogen-bond acceptors (Lipinski definition) is 4. The minimum absolute atomic E-state index is 0.0173. The van der Waals surface area contributed by atoms with Crippen LogP contribution in [0.4, 0.5) is 4.79 Å². The molecule has 2 fully saturated rings. The van der Waals surface area contributed by atoms with Gasteiger partial charge in [-0.2, -0.15) is 5.06 Å². The smallest absolute Gasteiger partial charge is 0.317 e. The van der Waals surface area contributed by atoms with Gasteiger partial charge in [0.25, 0.3) is 0 Å². The highest BCUT2D eigenvalue weighted by atomic mass is 16.5. The Labute approximate surface area is 121 Å². The molecule has 2 rings (SSSR count). The molecule has 0 spiro atoms. The Kier molecular flexibility index (Phi) is 4.27. The number of hydrogen-bond donors (Lipinski definition) is 2. The zero-order valence-corrected chi connectivity index (χ0v) is 13.0. The molecule has 0 radical (unpaired) electrons. The van der Waals surface area contributed by atoms with Crippen LogP contribution in [-0.4, -0.2) is 64.6 Å². The van der Waals surface area contributed by atoms with Gasteiger partial charge in [0.2, 0.25) is 0 Å². The van der Waals surface area contributed by atoms with Gasteiger partial charge in [0.05, 0.1) is 13.2 Å². The van der Waals surface area contributed by atoms with Crippen molar-refractivity contribution >= 4 is 6.03 Å². The molecule has 0 aromatic heterocycles. The molecule has 0 atom stereocenters. The van der Waals surface area contributed by atoms with Crippen LogP contribution in [0.3, 0.4) is 0 Å². The van der Waals surface area contributed by atoms with Crippen molar-refractivity contribution in [3.8, 4) is 0 Å². The number of ether oxygens (including phenoxy) is 1. The van der Waals surface area contributed by atoms with E-state index in [0.717, 1.165) is 12.8 Å². The summed E-state index contributed by atoms with van der Waals surface area (Å²) in [6, 6.07) is 0.0648. The van der Waals surface area contributed by atoms with Crippen LogP contribution in [0.25, 0.3) is 0 Å². The molecule has 6 heteroatoms. The third kappa shape index (κ3) is 3.24. The SMILES string of the molecule is CC1(C)CC(NC(=O)N2CCOCC2)CC(C)(C)N1O. The molecule has 2 aliphatic rings. The fourth-order valence-corrected chi connectivity index (χ4v) is 3.40. The quantitative estimate of drug-likeness (QED) is 0.765. The highest BCUT2D eigenvalue weighted by molar-refractivity contribution is 5.74. The number of carbonyl (C=O) groups is 1. The van der Waals surface area contributed by atoms with E-state index in [9.17, 15) is 10.0 Å². The van der Waals surface area contributed by atoms with Gasteiger partial charge in [-0.15, -0.1) is 0 Å². The minimum atomic E-state index is -0.343. The second-order valence-corrected chi connectivity index (χ2v) is 7.09. The van der Waals surface area contributed by atoms with E-state index in [1.165, 1.54) is 5.06 Å². The van der Waals surface area contributed by atoms with Crippen molar-refractivity contribution in [3.63, 3.8) is 0 Å². The van der Waals surface area contributed by atoms with Gasteiger partial charge in [-0.05, 0) is 40.5 Å². The minimum Gasteiger partial charge on any atom is -0.378 e. The Bertz CT molecular complexity index is 347. The van der Waals surface area contributed by atoms with E-state index in [-0.39, 0.29) is 23.2 Å². The first kappa shape index (κ1) is 15.5. The number of carbonyl (C=O) groups excluding carboxylic acids is 1. The fourth-order valence-electron chi connectivity index (χ4n) is 3.40. The normalized spacial score (nSPS) is 27.4. The fraction of sp³-hybridized carbons (Fsp3) is 0.929. The molecular formula is C14H27N3O3. The Hall–Kier alpha value is -0.850. The molecule has 2 heterocycles. The van der Waals surface area contributed by atoms with E-state index in [1.807, 2.05) is 27.7 Å². The first-order valence-electron chi connectivity index (χ1n) is 7.35. The topological polar surface area (TPSA) is 65.0 Å². The van der Waals surface area contributed by atoms with E-state index < -0.39 is 0 Å². The second kappa shape index (κ2) is 5.50. The summed E-state index contributed by atoms with van der Waals surface area (Å²) in [5.74, 6) is 0. The van der Waals surface area contributed by atoms with Gasteiger partial charge in [-0.1, -0.05) is 0 Å². The first-order valence-corrected chi connectivity index (χ1v) is 7.35. The zero-order chi connectivity index (χ0) is 15.0. The number of amides is 2. The Morgan fingerprint density at radius 1 is 1.15 bits per heavy atom. The van der Waals surface area contributed by atoms with Crippen molar-refractivity contribution in [2.45, 2.75) is 57.7 Å². The van der Waals surface area contributed by atoms with Crippen molar-refractivity contribution in [1.29, 1.82) is 0 Å². The van der Waals surface area contributed by atoms with Crippen LogP contribution < -0.4 is 5.32 Å². The molecule has 116 valence electrons. The number of urea groups is 1. The number of morpholine rings is 1. The molecule has 0 aliphatic carbocycles. The average Bonchev–Trinajstić information content (AvgIpc) is 2.36. The van der Waals surface area contributed by atoms with E-state index in [0.29, 0.717) is 26.3 Å². The predicted molar refractivity (Wildman–Crippen MR) is 75.7 cm³/mol. The van der Waals surface area contributed by atoms with Crippen molar-refractivity contribution in [3.05, 3.63) is 0 Å². The van der Waals surface area contributed by atoms with Gasteiger partial charge in [0, 0.05) is 30.2 Å². The van der Waals surface area contributed by atoms with E-state index in [2.05, 4.69) is 5.32 Å².